The Morgan fingerprint density at radius 3 is 2.40 bits per heavy atom. The van der Waals surface area contributed by atoms with Gasteiger partial charge in [0.25, 0.3) is 0 Å². The van der Waals surface area contributed by atoms with E-state index in [1.807, 2.05) is 18.2 Å². The molecule has 0 aromatic heterocycles. The highest BCUT2D eigenvalue weighted by Crippen LogP contribution is 2.32. The molecule has 3 nitrogen and oxygen atoms in total. The van der Waals surface area contributed by atoms with E-state index in [-0.39, 0.29) is 0 Å². The molecule has 0 bridgehead atoms. The van der Waals surface area contributed by atoms with E-state index in [9.17, 15) is 0 Å². The third-order valence-corrected chi connectivity index (χ3v) is 3.53. The summed E-state index contributed by atoms with van der Waals surface area (Å²) in [5.41, 5.74) is 2.63. The van der Waals surface area contributed by atoms with Crippen LogP contribution in [0, 0.1) is 0 Å². The molecule has 3 rings (SSSR count). The van der Waals surface area contributed by atoms with Gasteiger partial charge in [0.1, 0.15) is 5.75 Å². The van der Waals surface area contributed by atoms with Crippen molar-refractivity contribution < 1.29 is 14.2 Å². The average molecular weight is 270 g/mol. The second kappa shape index (κ2) is 5.87. The molecular formula is C17H18O3. The molecule has 0 aliphatic carbocycles. The summed E-state index contributed by atoms with van der Waals surface area (Å²) >= 11 is 0. The van der Waals surface area contributed by atoms with E-state index in [1.54, 1.807) is 7.11 Å². The summed E-state index contributed by atoms with van der Waals surface area (Å²) in [6.07, 6.45) is 3.23. The highest BCUT2D eigenvalue weighted by molar-refractivity contribution is 5.44. The van der Waals surface area contributed by atoms with Crippen molar-refractivity contribution in [2.45, 2.75) is 19.3 Å². The van der Waals surface area contributed by atoms with Gasteiger partial charge in [-0.1, -0.05) is 18.2 Å². The molecule has 0 N–H and O–H groups in total. The largest absolute Gasteiger partial charge is 0.497 e. The van der Waals surface area contributed by atoms with Crippen LogP contribution < -0.4 is 14.2 Å². The Labute approximate surface area is 119 Å². The summed E-state index contributed by atoms with van der Waals surface area (Å²) in [6.45, 7) is 0.338. The van der Waals surface area contributed by atoms with E-state index in [2.05, 4.69) is 24.3 Å². The van der Waals surface area contributed by atoms with Gasteiger partial charge in [-0.3, -0.25) is 0 Å². The molecule has 0 fully saturated rings. The minimum Gasteiger partial charge on any atom is -0.497 e. The lowest BCUT2D eigenvalue weighted by Gasteiger charge is -2.05. The number of benzene rings is 2. The van der Waals surface area contributed by atoms with Gasteiger partial charge in [0.2, 0.25) is 6.79 Å². The maximum atomic E-state index is 5.39. The van der Waals surface area contributed by atoms with Gasteiger partial charge >= 0.3 is 0 Å². The van der Waals surface area contributed by atoms with Gasteiger partial charge in [0.15, 0.2) is 11.5 Å². The Morgan fingerprint density at radius 1 is 0.900 bits per heavy atom. The van der Waals surface area contributed by atoms with E-state index in [0.29, 0.717) is 6.79 Å². The fourth-order valence-corrected chi connectivity index (χ4v) is 2.39. The predicted octanol–water partition coefficient (Wildman–Crippen LogP) is 3.60. The van der Waals surface area contributed by atoms with Gasteiger partial charge in [0.05, 0.1) is 7.11 Å². The number of fused-ring (bicyclic) bond motifs is 1. The zero-order valence-electron chi connectivity index (χ0n) is 11.6. The molecule has 2 aromatic carbocycles. The second-order valence-corrected chi connectivity index (χ2v) is 4.89. The molecule has 0 amide bonds. The summed E-state index contributed by atoms with van der Waals surface area (Å²) in [7, 11) is 1.69. The number of aryl methyl sites for hydroxylation is 2. The molecule has 0 unspecified atom stereocenters. The fraction of sp³-hybridized carbons (Fsp3) is 0.294. The first-order valence-electron chi connectivity index (χ1n) is 6.86. The summed E-state index contributed by atoms with van der Waals surface area (Å²) in [5.74, 6) is 2.63. The van der Waals surface area contributed by atoms with Gasteiger partial charge in [-0.05, 0) is 54.7 Å². The lowest BCUT2D eigenvalue weighted by molar-refractivity contribution is 0.174. The molecule has 0 saturated heterocycles. The topological polar surface area (TPSA) is 27.7 Å². The van der Waals surface area contributed by atoms with Gasteiger partial charge in [0, 0.05) is 0 Å². The van der Waals surface area contributed by atoms with Crippen molar-refractivity contribution in [3.05, 3.63) is 53.6 Å². The van der Waals surface area contributed by atoms with Crippen LogP contribution in [0.5, 0.6) is 17.2 Å². The second-order valence-electron chi connectivity index (χ2n) is 4.89. The fourth-order valence-electron chi connectivity index (χ4n) is 2.39. The van der Waals surface area contributed by atoms with Crippen molar-refractivity contribution in [2.24, 2.45) is 0 Å². The van der Waals surface area contributed by atoms with Crippen LogP contribution in [0.2, 0.25) is 0 Å². The van der Waals surface area contributed by atoms with Gasteiger partial charge in [-0.15, -0.1) is 0 Å². The van der Waals surface area contributed by atoms with E-state index in [1.165, 1.54) is 11.1 Å². The maximum Gasteiger partial charge on any atom is 0.231 e. The van der Waals surface area contributed by atoms with Crippen molar-refractivity contribution in [3.8, 4) is 17.2 Å². The minimum atomic E-state index is 0.338. The van der Waals surface area contributed by atoms with Crippen molar-refractivity contribution in [3.63, 3.8) is 0 Å². The first-order chi connectivity index (χ1) is 9.85. The smallest absolute Gasteiger partial charge is 0.231 e. The zero-order chi connectivity index (χ0) is 13.8. The molecule has 3 heteroatoms. The summed E-state index contributed by atoms with van der Waals surface area (Å²) in [5, 5.41) is 0. The Morgan fingerprint density at radius 2 is 1.60 bits per heavy atom. The van der Waals surface area contributed by atoms with Gasteiger partial charge < -0.3 is 14.2 Å². The maximum absolute atomic E-state index is 5.39. The van der Waals surface area contributed by atoms with Crippen molar-refractivity contribution in [1.82, 2.24) is 0 Å². The lowest BCUT2D eigenvalue weighted by Crippen LogP contribution is -1.93. The van der Waals surface area contributed by atoms with E-state index in [4.69, 9.17) is 14.2 Å². The Bertz CT molecular complexity index is 575. The molecule has 20 heavy (non-hydrogen) atoms. The molecule has 2 aromatic rings. The van der Waals surface area contributed by atoms with Crippen LogP contribution in [0.1, 0.15) is 17.5 Å². The van der Waals surface area contributed by atoms with Crippen molar-refractivity contribution in [2.75, 3.05) is 13.9 Å². The monoisotopic (exact) mass is 270 g/mol. The molecule has 0 saturated carbocycles. The van der Waals surface area contributed by atoms with E-state index in [0.717, 1.165) is 36.5 Å². The number of hydrogen-bond acceptors (Lipinski definition) is 3. The number of ether oxygens (including phenoxy) is 3. The highest BCUT2D eigenvalue weighted by atomic mass is 16.7. The molecule has 0 radical (unpaired) electrons. The summed E-state index contributed by atoms with van der Waals surface area (Å²) in [6, 6.07) is 14.5. The van der Waals surface area contributed by atoms with Crippen LogP contribution >= 0.6 is 0 Å². The molecule has 104 valence electrons. The molecule has 1 aliphatic rings. The summed E-state index contributed by atoms with van der Waals surface area (Å²) in [4.78, 5) is 0. The normalized spacial score (nSPS) is 12.4. The quantitative estimate of drug-likeness (QED) is 0.831. The molecule has 0 spiro atoms. The van der Waals surface area contributed by atoms with Crippen molar-refractivity contribution >= 4 is 0 Å². The Hall–Kier alpha value is -2.16. The third-order valence-electron chi connectivity index (χ3n) is 3.53. The van der Waals surface area contributed by atoms with Crippen LogP contribution in [-0.4, -0.2) is 13.9 Å². The number of hydrogen-bond donors (Lipinski definition) is 0. The SMILES string of the molecule is COc1ccc(CCCc2ccc3c(c2)OCO3)cc1. The lowest BCUT2D eigenvalue weighted by atomic mass is 10.0. The number of methoxy groups -OCH3 is 1. The Kier molecular flexibility index (Phi) is 3.77. The van der Waals surface area contributed by atoms with Crippen LogP contribution in [0.3, 0.4) is 0 Å². The van der Waals surface area contributed by atoms with E-state index < -0.39 is 0 Å². The third kappa shape index (κ3) is 2.87. The van der Waals surface area contributed by atoms with Crippen LogP contribution in [0.15, 0.2) is 42.5 Å². The predicted molar refractivity (Wildman–Crippen MR) is 77.6 cm³/mol. The van der Waals surface area contributed by atoms with Crippen molar-refractivity contribution in [1.29, 1.82) is 0 Å². The standard InChI is InChI=1S/C17H18O3/c1-18-15-8-5-13(6-9-15)3-2-4-14-7-10-16-17(11-14)20-12-19-16/h5-11H,2-4,12H2,1H3. The molecule has 1 aliphatic heterocycles. The van der Waals surface area contributed by atoms with Gasteiger partial charge in [-0.25, -0.2) is 0 Å². The minimum absolute atomic E-state index is 0.338. The summed E-state index contributed by atoms with van der Waals surface area (Å²) < 4.78 is 15.9. The van der Waals surface area contributed by atoms with Gasteiger partial charge in [-0.2, -0.15) is 0 Å². The Balaban J connectivity index is 1.54. The zero-order valence-corrected chi connectivity index (χ0v) is 11.6. The molecule has 0 atom stereocenters. The average Bonchev–Trinajstić information content (AvgIpc) is 2.95. The van der Waals surface area contributed by atoms with Crippen LogP contribution in [0.25, 0.3) is 0 Å². The van der Waals surface area contributed by atoms with Crippen LogP contribution in [0.4, 0.5) is 0 Å². The van der Waals surface area contributed by atoms with Crippen LogP contribution in [-0.2, 0) is 12.8 Å². The molecule has 1 heterocycles. The first-order valence-corrected chi connectivity index (χ1v) is 6.86. The number of rotatable bonds is 5. The highest BCUT2D eigenvalue weighted by Gasteiger charge is 2.12. The molecular weight excluding hydrogens is 252 g/mol. The first kappa shape index (κ1) is 12.9. The van der Waals surface area contributed by atoms with E-state index >= 15 is 0 Å².